The molecular weight excluding hydrogens is 339 g/mol. The van der Waals surface area contributed by atoms with Gasteiger partial charge >= 0.3 is 0 Å². The normalized spacial score (nSPS) is 10.1. The summed E-state index contributed by atoms with van der Waals surface area (Å²) in [4.78, 5) is 11.4. The van der Waals surface area contributed by atoms with Crippen LogP contribution in [0.25, 0.3) is 0 Å². The molecular formula is C14H13IN2O. The van der Waals surface area contributed by atoms with E-state index < -0.39 is 0 Å². The monoisotopic (exact) mass is 352 g/mol. The van der Waals surface area contributed by atoms with Gasteiger partial charge in [0.15, 0.2) is 5.78 Å². The van der Waals surface area contributed by atoms with Crippen LogP contribution in [0, 0.1) is 3.57 Å². The Bertz CT molecular complexity index is 596. The third-order valence-corrected chi connectivity index (χ3v) is 3.53. The third kappa shape index (κ3) is 2.81. The van der Waals surface area contributed by atoms with Gasteiger partial charge in [0, 0.05) is 20.5 Å². The summed E-state index contributed by atoms with van der Waals surface area (Å²) >= 11 is 2.26. The molecule has 0 saturated heterocycles. The van der Waals surface area contributed by atoms with Crippen LogP contribution in [0.5, 0.6) is 0 Å². The number of hydrogen-bond donors (Lipinski definition) is 2. The quantitative estimate of drug-likeness (QED) is 0.502. The molecule has 2 aromatic carbocycles. The Labute approximate surface area is 120 Å². The largest absolute Gasteiger partial charge is 0.398 e. The van der Waals surface area contributed by atoms with Crippen molar-refractivity contribution in [3.63, 3.8) is 0 Å². The number of nitrogens with one attached hydrogen (secondary N) is 1. The zero-order valence-corrected chi connectivity index (χ0v) is 12.1. The lowest BCUT2D eigenvalue weighted by molar-refractivity contribution is 0.101. The molecule has 0 atom stereocenters. The van der Waals surface area contributed by atoms with Crippen LogP contribution in [-0.2, 0) is 0 Å². The number of hydrogen-bond acceptors (Lipinski definition) is 3. The minimum atomic E-state index is -0.0288. The molecule has 0 radical (unpaired) electrons. The highest BCUT2D eigenvalue weighted by Crippen LogP contribution is 2.25. The number of nitrogens with two attached hydrogens (primary N) is 1. The topological polar surface area (TPSA) is 55.1 Å². The summed E-state index contributed by atoms with van der Waals surface area (Å²) in [5.41, 5.74) is 8.69. The second-order valence-corrected chi connectivity index (χ2v) is 5.13. The first-order valence-corrected chi connectivity index (χ1v) is 6.58. The van der Waals surface area contributed by atoms with Crippen molar-refractivity contribution in [2.45, 2.75) is 6.92 Å². The molecule has 0 spiro atoms. The minimum Gasteiger partial charge on any atom is -0.398 e. The molecule has 0 aromatic heterocycles. The molecule has 0 saturated carbocycles. The third-order valence-electron chi connectivity index (χ3n) is 2.59. The Morgan fingerprint density at radius 3 is 2.61 bits per heavy atom. The van der Waals surface area contributed by atoms with Crippen molar-refractivity contribution >= 4 is 45.4 Å². The van der Waals surface area contributed by atoms with Gasteiger partial charge in [-0.25, -0.2) is 0 Å². The van der Waals surface area contributed by atoms with Crippen molar-refractivity contribution in [2.24, 2.45) is 0 Å². The van der Waals surface area contributed by atoms with E-state index >= 15 is 0 Å². The SMILES string of the molecule is CC(=O)c1cc(Nc2ccccc2I)ccc1N. The second-order valence-electron chi connectivity index (χ2n) is 3.96. The van der Waals surface area contributed by atoms with Gasteiger partial charge in [-0.05, 0) is 59.8 Å². The van der Waals surface area contributed by atoms with E-state index in [0.717, 1.165) is 14.9 Å². The molecule has 92 valence electrons. The Kier molecular flexibility index (Phi) is 3.86. The summed E-state index contributed by atoms with van der Waals surface area (Å²) in [7, 11) is 0. The predicted molar refractivity (Wildman–Crippen MR) is 83.3 cm³/mol. The van der Waals surface area contributed by atoms with Gasteiger partial charge in [0.05, 0.1) is 5.69 Å². The van der Waals surface area contributed by atoms with E-state index in [1.807, 2.05) is 30.3 Å². The smallest absolute Gasteiger partial charge is 0.161 e. The average Bonchev–Trinajstić information content (AvgIpc) is 2.34. The van der Waals surface area contributed by atoms with Gasteiger partial charge in [0.1, 0.15) is 0 Å². The number of carbonyl (C=O) groups excluding carboxylic acids is 1. The summed E-state index contributed by atoms with van der Waals surface area (Å²) in [6.45, 7) is 1.52. The molecule has 0 amide bonds. The summed E-state index contributed by atoms with van der Waals surface area (Å²) in [6.07, 6.45) is 0. The first-order chi connectivity index (χ1) is 8.58. The molecule has 4 heteroatoms. The Hall–Kier alpha value is -1.56. The molecule has 0 aliphatic heterocycles. The molecule has 18 heavy (non-hydrogen) atoms. The van der Waals surface area contributed by atoms with Crippen LogP contribution in [0.3, 0.4) is 0 Å². The van der Waals surface area contributed by atoms with Crippen LogP contribution in [0.15, 0.2) is 42.5 Å². The average molecular weight is 352 g/mol. The fraction of sp³-hybridized carbons (Fsp3) is 0.0714. The molecule has 3 nitrogen and oxygen atoms in total. The van der Waals surface area contributed by atoms with E-state index in [2.05, 4.69) is 27.9 Å². The van der Waals surface area contributed by atoms with E-state index in [1.54, 1.807) is 12.1 Å². The van der Waals surface area contributed by atoms with Crippen molar-refractivity contribution in [1.29, 1.82) is 0 Å². The molecule has 2 rings (SSSR count). The fourth-order valence-corrected chi connectivity index (χ4v) is 2.18. The first-order valence-electron chi connectivity index (χ1n) is 5.50. The summed E-state index contributed by atoms with van der Waals surface area (Å²) < 4.78 is 1.12. The van der Waals surface area contributed by atoms with E-state index in [0.29, 0.717) is 11.3 Å². The maximum absolute atomic E-state index is 11.4. The summed E-state index contributed by atoms with van der Waals surface area (Å²) in [5, 5.41) is 3.28. The number of rotatable bonds is 3. The van der Waals surface area contributed by atoms with Crippen molar-refractivity contribution in [2.75, 3.05) is 11.1 Å². The lowest BCUT2D eigenvalue weighted by Gasteiger charge is -2.10. The van der Waals surface area contributed by atoms with E-state index in [4.69, 9.17) is 5.73 Å². The van der Waals surface area contributed by atoms with Gasteiger partial charge in [-0.3, -0.25) is 4.79 Å². The summed E-state index contributed by atoms with van der Waals surface area (Å²) in [6, 6.07) is 13.3. The molecule has 0 fully saturated rings. The highest BCUT2D eigenvalue weighted by molar-refractivity contribution is 14.1. The van der Waals surface area contributed by atoms with Crippen molar-refractivity contribution in [1.82, 2.24) is 0 Å². The lowest BCUT2D eigenvalue weighted by atomic mass is 10.1. The Morgan fingerprint density at radius 2 is 1.94 bits per heavy atom. The van der Waals surface area contributed by atoms with Gasteiger partial charge < -0.3 is 11.1 Å². The number of ketones is 1. The molecule has 0 heterocycles. The number of para-hydroxylation sites is 1. The number of anilines is 3. The second kappa shape index (κ2) is 5.39. The highest BCUT2D eigenvalue weighted by Gasteiger charge is 2.06. The van der Waals surface area contributed by atoms with Crippen LogP contribution in [-0.4, -0.2) is 5.78 Å². The van der Waals surface area contributed by atoms with Crippen LogP contribution < -0.4 is 11.1 Å². The van der Waals surface area contributed by atoms with Crippen LogP contribution in [0.4, 0.5) is 17.1 Å². The zero-order valence-electron chi connectivity index (χ0n) is 9.91. The van der Waals surface area contributed by atoms with Crippen molar-refractivity contribution in [3.8, 4) is 0 Å². The number of benzene rings is 2. The number of carbonyl (C=O) groups is 1. The van der Waals surface area contributed by atoms with Crippen molar-refractivity contribution < 1.29 is 4.79 Å². The molecule has 2 aromatic rings. The maximum Gasteiger partial charge on any atom is 0.161 e. The lowest BCUT2D eigenvalue weighted by Crippen LogP contribution is -2.01. The van der Waals surface area contributed by atoms with Gasteiger partial charge in [0.2, 0.25) is 0 Å². The molecule has 0 bridgehead atoms. The molecule has 0 aliphatic carbocycles. The zero-order chi connectivity index (χ0) is 13.1. The molecule has 0 aliphatic rings. The number of Topliss-reactive ketones (excluding diaryl/α,β-unsaturated/α-hetero) is 1. The minimum absolute atomic E-state index is 0.0288. The number of halogens is 1. The fourth-order valence-electron chi connectivity index (χ4n) is 1.66. The van der Waals surface area contributed by atoms with Gasteiger partial charge in [-0.15, -0.1) is 0 Å². The Balaban J connectivity index is 2.33. The molecule has 3 N–H and O–H groups in total. The van der Waals surface area contributed by atoms with Crippen molar-refractivity contribution in [3.05, 3.63) is 51.6 Å². The maximum atomic E-state index is 11.4. The van der Waals surface area contributed by atoms with Crippen LogP contribution in [0.2, 0.25) is 0 Å². The highest BCUT2D eigenvalue weighted by atomic mass is 127. The van der Waals surface area contributed by atoms with Gasteiger partial charge in [0.25, 0.3) is 0 Å². The Morgan fingerprint density at radius 1 is 1.22 bits per heavy atom. The van der Waals surface area contributed by atoms with Gasteiger partial charge in [-0.1, -0.05) is 12.1 Å². The number of nitrogen functional groups attached to an aromatic ring is 1. The van der Waals surface area contributed by atoms with Gasteiger partial charge in [-0.2, -0.15) is 0 Å². The van der Waals surface area contributed by atoms with Crippen LogP contribution >= 0.6 is 22.6 Å². The summed E-state index contributed by atoms with van der Waals surface area (Å²) in [5.74, 6) is -0.0288. The standard InChI is InChI=1S/C14H13IN2O/c1-9(18)11-8-10(6-7-13(11)16)17-14-5-3-2-4-12(14)15/h2-8,17H,16H2,1H3. The van der Waals surface area contributed by atoms with E-state index in [-0.39, 0.29) is 5.78 Å². The molecule has 0 unspecified atom stereocenters. The van der Waals surface area contributed by atoms with Crippen LogP contribution in [0.1, 0.15) is 17.3 Å². The first kappa shape index (κ1) is 12.9. The van der Waals surface area contributed by atoms with E-state index in [1.165, 1.54) is 6.92 Å². The predicted octanol–water partition coefficient (Wildman–Crippen LogP) is 3.82. The van der Waals surface area contributed by atoms with E-state index in [9.17, 15) is 4.79 Å².